The van der Waals surface area contributed by atoms with E-state index in [1.165, 1.54) is 14.2 Å². The van der Waals surface area contributed by atoms with Crippen molar-refractivity contribution in [3.8, 4) is 23.1 Å². The summed E-state index contributed by atoms with van der Waals surface area (Å²) in [6, 6.07) is 17.6. The summed E-state index contributed by atoms with van der Waals surface area (Å²) in [6.07, 6.45) is 0.374. The minimum atomic E-state index is -0.657. The number of hydrogen-bond donors (Lipinski definition) is 4. The second-order valence-electron chi connectivity index (χ2n) is 9.28. The Bertz CT molecular complexity index is 1960. The number of alkyl carbamates (subject to hydrolysis) is 2. The van der Waals surface area contributed by atoms with Crippen LogP contribution >= 0.6 is 17.2 Å². The average molecular weight is 629 g/mol. The molecule has 2 aromatic heterocycles. The monoisotopic (exact) mass is 628 g/mol. The summed E-state index contributed by atoms with van der Waals surface area (Å²) in [5.41, 5.74) is 5.57. The molecule has 0 saturated carbocycles. The van der Waals surface area contributed by atoms with Crippen LogP contribution in [0.1, 0.15) is 11.1 Å². The molecule has 2 unspecified atom stereocenters. The fourth-order valence-electron chi connectivity index (χ4n) is 4.12. The Kier molecular flexibility index (Phi) is 9.60. The van der Waals surface area contributed by atoms with E-state index in [0.29, 0.717) is 11.1 Å². The lowest BCUT2D eigenvalue weighted by Crippen LogP contribution is -2.28. The van der Waals surface area contributed by atoms with Crippen LogP contribution < -0.4 is 21.8 Å². The number of benzene rings is 3. The zero-order valence-corrected chi connectivity index (χ0v) is 25.5. The van der Waals surface area contributed by atoms with E-state index < -0.39 is 12.2 Å². The summed E-state index contributed by atoms with van der Waals surface area (Å²) < 4.78 is 8.95. The summed E-state index contributed by atoms with van der Waals surface area (Å²) in [5, 5.41) is 6.79. The molecule has 14 heteroatoms. The molecule has 0 aliphatic rings. The second kappa shape index (κ2) is 13.9. The lowest BCUT2D eigenvalue weighted by atomic mass is 10.0. The summed E-state index contributed by atoms with van der Waals surface area (Å²) in [4.78, 5) is 61.7. The van der Waals surface area contributed by atoms with Crippen LogP contribution in [0.15, 0.2) is 60.8 Å². The number of rotatable bonds is 9. The number of hydrogen-bond acceptors (Lipinski definition) is 8. The molecule has 0 radical (unpaired) electrons. The predicted octanol–water partition coefficient (Wildman–Crippen LogP) is 2.88. The van der Waals surface area contributed by atoms with E-state index in [1.54, 1.807) is 6.20 Å². The Hall–Kier alpha value is -5.10. The Labute approximate surface area is 254 Å². The lowest BCUT2D eigenvalue weighted by molar-refractivity contribution is -0.111. The van der Waals surface area contributed by atoms with Gasteiger partial charge in [-0.25, -0.2) is 19.6 Å². The molecule has 0 saturated heterocycles. The molecular formula is C30H26N6O6P2. The van der Waals surface area contributed by atoms with Crippen LogP contribution in [0, 0.1) is 11.8 Å². The Balaban J connectivity index is 1.23. The topological polar surface area (TPSA) is 168 Å². The van der Waals surface area contributed by atoms with Gasteiger partial charge in [-0.3, -0.25) is 9.59 Å². The number of aromatic amines is 2. The van der Waals surface area contributed by atoms with Crippen LogP contribution in [0.3, 0.4) is 0 Å². The van der Waals surface area contributed by atoms with Crippen molar-refractivity contribution in [2.24, 2.45) is 0 Å². The molecule has 2 amide bonds. The number of amides is 2. The van der Waals surface area contributed by atoms with Crippen molar-refractivity contribution in [2.45, 2.75) is 0 Å². The molecule has 2 heterocycles. The second-order valence-corrected chi connectivity index (χ2v) is 11.8. The largest absolute Gasteiger partial charge is 0.453 e. The standard InChI is InChI=1S/C30H26N6O6P2/c1-41-29(39)32-15-25(37)43-27-31-14-24(36-27)21-9-8-19-11-17(5-7-20(19)13-21)3-4-18-6-10-22-23(12-18)35-28(34-22)44-26(38)16-33-30(40)42-2/h5-14,43-44H,15-16H2,1-2H3,(H,31,36)(H,32,39)(H,33,40)(H,34,35). The lowest BCUT2D eigenvalue weighted by Gasteiger charge is -2.03. The van der Waals surface area contributed by atoms with Gasteiger partial charge in [0.25, 0.3) is 0 Å². The van der Waals surface area contributed by atoms with Gasteiger partial charge in [0.05, 0.1) is 50.2 Å². The van der Waals surface area contributed by atoms with Crippen LogP contribution in [-0.4, -0.2) is 70.5 Å². The molecule has 5 rings (SSSR count). The van der Waals surface area contributed by atoms with Gasteiger partial charge in [0.1, 0.15) is 11.1 Å². The molecule has 2 atom stereocenters. The van der Waals surface area contributed by atoms with Gasteiger partial charge in [0.15, 0.2) is 11.0 Å². The summed E-state index contributed by atoms with van der Waals surface area (Å²) in [5.74, 6) is 6.40. The molecule has 0 bridgehead atoms. The maximum absolute atomic E-state index is 12.1. The maximum Gasteiger partial charge on any atom is 0.407 e. The van der Waals surface area contributed by atoms with E-state index >= 15 is 0 Å². The molecule has 0 fully saturated rings. The fourth-order valence-corrected chi connectivity index (χ4v) is 5.70. The minimum Gasteiger partial charge on any atom is -0.453 e. The van der Waals surface area contributed by atoms with Crippen molar-refractivity contribution in [3.63, 3.8) is 0 Å². The third-order valence-electron chi connectivity index (χ3n) is 6.23. The Morgan fingerprint density at radius 1 is 0.773 bits per heavy atom. The third-order valence-corrected chi connectivity index (χ3v) is 8.11. The van der Waals surface area contributed by atoms with Gasteiger partial charge < -0.3 is 30.1 Å². The summed E-state index contributed by atoms with van der Waals surface area (Å²) in [6.45, 7) is -0.250. The fraction of sp³-hybridized carbons (Fsp3) is 0.133. The van der Waals surface area contributed by atoms with E-state index in [9.17, 15) is 19.2 Å². The first-order chi connectivity index (χ1) is 21.3. The molecule has 222 valence electrons. The SMILES string of the molecule is COC(=O)NCC(=O)Pc1ncc(-c2ccc3cc(C#Cc4ccc5nc(PC(=O)CNC(=O)OC)[nH]c5c4)ccc3c2)[nH]1. The molecular weight excluding hydrogens is 602 g/mol. The van der Waals surface area contributed by atoms with Gasteiger partial charge in [0, 0.05) is 33.9 Å². The van der Waals surface area contributed by atoms with Gasteiger partial charge in [-0.15, -0.1) is 0 Å². The van der Waals surface area contributed by atoms with Crippen molar-refractivity contribution < 1.29 is 28.7 Å². The third kappa shape index (κ3) is 7.84. The van der Waals surface area contributed by atoms with Gasteiger partial charge in [0.2, 0.25) is 0 Å². The minimum absolute atomic E-state index is 0.123. The van der Waals surface area contributed by atoms with Crippen LogP contribution in [0.5, 0.6) is 0 Å². The summed E-state index contributed by atoms with van der Waals surface area (Å²) in [7, 11) is 2.03. The Morgan fingerprint density at radius 3 is 2.09 bits per heavy atom. The number of fused-ring (bicyclic) bond motifs is 2. The van der Waals surface area contributed by atoms with Crippen LogP contribution in [0.25, 0.3) is 33.1 Å². The Morgan fingerprint density at radius 2 is 1.39 bits per heavy atom. The first-order valence-electron chi connectivity index (χ1n) is 13.1. The number of carbonyl (C=O) groups is 4. The molecule has 44 heavy (non-hydrogen) atoms. The van der Waals surface area contributed by atoms with Crippen molar-refractivity contribution >= 4 is 73.3 Å². The highest BCUT2D eigenvalue weighted by atomic mass is 31.1. The quantitative estimate of drug-likeness (QED) is 0.143. The maximum atomic E-state index is 12.1. The van der Waals surface area contributed by atoms with Crippen molar-refractivity contribution in [3.05, 3.63) is 71.9 Å². The average Bonchev–Trinajstić information content (AvgIpc) is 3.67. The van der Waals surface area contributed by atoms with E-state index in [0.717, 1.165) is 44.2 Å². The number of nitrogens with zero attached hydrogens (tertiary/aromatic N) is 2. The van der Waals surface area contributed by atoms with Crippen LogP contribution in [-0.2, 0) is 19.1 Å². The molecule has 12 nitrogen and oxygen atoms in total. The van der Waals surface area contributed by atoms with Gasteiger partial charge >= 0.3 is 12.2 Å². The van der Waals surface area contributed by atoms with Crippen molar-refractivity contribution in [2.75, 3.05) is 27.3 Å². The van der Waals surface area contributed by atoms with Crippen molar-refractivity contribution in [1.82, 2.24) is 30.6 Å². The number of ether oxygens (including phenoxy) is 2. The van der Waals surface area contributed by atoms with Gasteiger partial charge in [-0.05, 0) is 47.2 Å². The number of nitrogens with one attached hydrogen (secondary N) is 4. The normalized spacial score (nSPS) is 11.1. The van der Waals surface area contributed by atoms with E-state index in [1.807, 2.05) is 54.6 Å². The molecule has 5 aromatic rings. The van der Waals surface area contributed by atoms with Crippen molar-refractivity contribution in [1.29, 1.82) is 0 Å². The number of aromatic nitrogens is 4. The molecule has 4 N–H and O–H groups in total. The highest BCUT2D eigenvalue weighted by Gasteiger charge is 2.12. The zero-order valence-electron chi connectivity index (χ0n) is 23.5. The van der Waals surface area contributed by atoms with Gasteiger partial charge in [-0.1, -0.05) is 30.0 Å². The summed E-state index contributed by atoms with van der Waals surface area (Å²) >= 11 is 0. The van der Waals surface area contributed by atoms with Gasteiger partial charge in [-0.2, -0.15) is 0 Å². The number of imidazole rings is 2. The molecule has 3 aromatic carbocycles. The smallest absolute Gasteiger partial charge is 0.407 e. The predicted molar refractivity (Wildman–Crippen MR) is 170 cm³/mol. The van der Waals surface area contributed by atoms with E-state index in [-0.39, 0.29) is 41.3 Å². The first-order valence-corrected chi connectivity index (χ1v) is 15.1. The van der Waals surface area contributed by atoms with E-state index in [2.05, 4.69) is 51.9 Å². The zero-order chi connectivity index (χ0) is 31.1. The highest BCUT2D eigenvalue weighted by Crippen LogP contribution is 2.24. The number of carbonyl (C=O) groups excluding carboxylic acids is 4. The van der Waals surface area contributed by atoms with E-state index in [4.69, 9.17) is 0 Å². The van der Waals surface area contributed by atoms with Crippen LogP contribution in [0.4, 0.5) is 9.59 Å². The number of methoxy groups -OCH3 is 2. The molecule has 0 spiro atoms. The number of H-pyrrole nitrogens is 2. The van der Waals surface area contributed by atoms with Crippen LogP contribution in [0.2, 0.25) is 0 Å². The molecule has 0 aliphatic heterocycles. The highest BCUT2D eigenvalue weighted by molar-refractivity contribution is 7.65. The first kappa shape index (κ1) is 30.4. The molecule has 0 aliphatic carbocycles.